The Morgan fingerprint density at radius 2 is 1.88 bits per heavy atom. The molecule has 3 amide bonds. The molecule has 1 fully saturated rings. The molecule has 1 aliphatic heterocycles. The van der Waals surface area contributed by atoms with Gasteiger partial charge in [0.2, 0.25) is 17.7 Å². The maximum absolute atomic E-state index is 13.1. The number of halogens is 1. The number of hydrogen-bond acceptors (Lipinski definition) is 4. The van der Waals surface area contributed by atoms with Gasteiger partial charge in [-0.05, 0) is 18.2 Å². The fraction of sp³-hybridized carbons (Fsp3) is 0.471. The van der Waals surface area contributed by atoms with Gasteiger partial charge in [0.25, 0.3) is 0 Å². The summed E-state index contributed by atoms with van der Waals surface area (Å²) >= 11 is 0. The molecule has 0 radical (unpaired) electrons. The molecule has 1 aromatic rings. The lowest BCUT2D eigenvalue weighted by molar-refractivity contribution is -0.133. The number of nitrogens with zero attached hydrogens (tertiary/aromatic N) is 2. The zero-order chi connectivity index (χ0) is 18.2. The predicted molar refractivity (Wildman–Crippen MR) is 91.4 cm³/mol. The SMILES string of the molecule is CC(=O)NCCC(=O)N1CCN(CC(=O)Nc2cccc(F)c2)CC1. The highest BCUT2D eigenvalue weighted by Crippen LogP contribution is 2.09. The molecule has 1 aliphatic rings. The molecule has 1 aromatic carbocycles. The first-order valence-electron chi connectivity index (χ1n) is 8.24. The second-order valence-electron chi connectivity index (χ2n) is 5.95. The highest BCUT2D eigenvalue weighted by atomic mass is 19.1. The minimum Gasteiger partial charge on any atom is -0.356 e. The number of hydrogen-bond donors (Lipinski definition) is 2. The van der Waals surface area contributed by atoms with E-state index >= 15 is 0 Å². The van der Waals surface area contributed by atoms with Gasteiger partial charge in [0.05, 0.1) is 6.54 Å². The maximum atomic E-state index is 13.1. The smallest absolute Gasteiger partial charge is 0.238 e. The van der Waals surface area contributed by atoms with Crippen LogP contribution in [-0.2, 0) is 14.4 Å². The zero-order valence-corrected chi connectivity index (χ0v) is 14.3. The van der Waals surface area contributed by atoms with E-state index < -0.39 is 5.82 Å². The van der Waals surface area contributed by atoms with Crippen LogP contribution in [0.4, 0.5) is 10.1 Å². The van der Waals surface area contributed by atoms with Crippen molar-refractivity contribution in [1.29, 1.82) is 0 Å². The van der Waals surface area contributed by atoms with Gasteiger partial charge in [-0.25, -0.2) is 4.39 Å². The predicted octanol–water partition coefficient (Wildman–Crippen LogP) is 0.435. The van der Waals surface area contributed by atoms with E-state index in [1.165, 1.54) is 25.1 Å². The minimum absolute atomic E-state index is 0.00221. The number of piperazine rings is 1. The highest BCUT2D eigenvalue weighted by Gasteiger charge is 2.22. The molecule has 2 N–H and O–H groups in total. The molecule has 0 unspecified atom stereocenters. The molecule has 1 heterocycles. The van der Waals surface area contributed by atoms with Crippen LogP contribution in [0, 0.1) is 5.82 Å². The molecule has 0 aliphatic carbocycles. The summed E-state index contributed by atoms with van der Waals surface area (Å²) in [5, 5.41) is 5.26. The van der Waals surface area contributed by atoms with Crippen LogP contribution in [0.2, 0.25) is 0 Å². The highest BCUT2D eigenvalue weighted by molar-refractivity contribution is 5.92. The van der Waals surface area contributed by atoms with E-state index in [9.17, 15) is 18.8 Å². The van der Waals surface area contributed by atoms with Crippen molar-refractivity contribution >= 4 is 23.4 Å². The molecule has 0 atom stereocenters. The average Bonchev–Trinajstić information content (AvgIpc) is 2.55. The Hall–Kier alpha value is -2.48. The van der Waals surface area contributed by atoms with Crippen molar-refractivity contribution in [3.63, 3.8) is 0 Å². The van der Waals surface area contributed by atoms with Crippen LogP contribution >= 0.6 is 0 Å². The van der Waals surface area contributed by atoms with E-state index in [0.29, 0.717) is 38.4 Å². The van der Waals surface area contributed by atoms with Gasteiger partial charge < -0.3 is 15.5 Å². The Labute approximate surface area is 146 Å². The van der Waals surface area contributed by atoms with Crippen LogP contribution in [-0.4, -0.2) is 66.8 Å². The summed E-state index contributed by atoms with van der Waals surface area (Å²) < 4.78 is 13.1. The molecule has 0 spiro atoms. The topological polar surface area (TPSA) is 81.8 Å². The summed E-state index contributed by atoms with van der Waals surface area (Å²) in [5.74, 6) is -0.764. The van der Waals surface area contributed by atoms with Crippen molar-refractivity contribution in [1.82, 2.24) is 15.1 Å². The number of anilines is 1. The third-order valence-corrected chi connectivity index (χ3v) is 3.91. The van der Waals surface area contributed by atoms with Crippen LogP contribution in [0.5, 0.6) is 0 Å². The number of carbonyl (C=O) groups is 3. The fourth-order valence-corrected chi connectivity index (χ4v) is 2.63. The first-order chi connectivity index (χ1) is 11.9. The number of nitrogens with one attached hydrogen (secondary N) is 2. The van der Waals surface area contributed by atoms with Gasteiger partial charge in [0, 0.05) is 51.8 Å². The van der Waals surface area contributed by atoms with Crippen LogP contribution in [0.1, 0.15) is 13.3 Å². The quantitative estimate of drug-likeness (QED) is 0.780. The van der Waals surface area contributed by atoms with E-state index in [-0.39, 0.29) is 30.7 Å². The molecule has 0 bridgehead atoms. The van der Waals surface area contributed by atoms with Crippen LogP contribution in [0.15, 0.2) is 24.3 Å². The molecule has 1 saturated heterocycles. The van der Waals surface area contributed by atoms with E-state index in [4.69, 9.17) is 0 Å². The van der Waals surface area contributed by atoms with E-state index in [2.05, 4.69) is 10.6 Å². The first kappa shape index (κ1) is 18.9. The van der Waals surface area contributed by atoms with Crippen LogP contribution in [0.25, 0.3) is 0 Å². The molecule has 0 saturated carbocycles. The van der Waals surface area contributed by atoms with Crippen molar-refractivity contribution in [3.8, 4) is 0 Å². The Balaban J connectivity index is 1.70. The largest absolute Gasteiger partial charge is 0.356 e. The Bertz CT molecular complexity index is 630. The standard InChI is InChI=1S/C17H23FN4O3/c1-13(23)19-6-5-17(25)22-9-7-21(8-10-22)12-16(24)20-15-4-2-3-14(18)11-15/h2-4,11H,5-10,12H2,1H3,(H,19,23)(H,20,24). The van der Waals surface area contributed by atoms with E-state index in [0.717, 1.165) is 0 Å². The molecular formula is C17H23FN4O3. The second-order valence-corrected chi connectivity index (χ2v) is 5.95. The minimum atomic E-state index is -0.399. The van der Waals surface area contributed by atoms with E-state index in [1.54, 1.807) is 11.0 Å². The third-order valence-electron chi connectivity index (χ3n) is 3.91. The second kappa shape index (κ2) is 9.12. The zero-order valence-electron chi connectivity index (χ0n) is 14.3. The van der Waals surface area contributed by atoms with E-state index in [1.807, 2.05) is 4.90 Å². The van der Waals surface area contributed by atoms with Gasteiger partial charge in [-0.3, -0.25) is 19.3 Å². The average molecular weight is 350 g/mol. The van der Waals surface area contributed by atoms with Gasteiger partial charge in [-0.2, -0.15) is 0 Å². The summed E-state index contributed by atoms with van der Waals surface area (Å²) in [6.07, 6.45) is 0.277. The molecule has 7 nitrogen and oxygen atoms in total. The molecule has 8 heteroatoms. The lowest BCUT2D eigenvalue weighted by Gasteiger charge is -2.34. The van der Waals surface area contributed by atoms with Crippen molar-refractivity contribution in [2.75, 3.05) is 44.6 Å². The Kier molecular flexibility index (Phi) is 6.88. The fourth-order valence-electron chi connectivity index (χ4n) is 2.63. The Morgan fingerprint density at radius 1 is 1.16 bits per heavy atom. The lowest BCUT2D eigenvalue weighted by Crippen LogP contribution is -2.50. The molecule has 0 aromatic heterocycles. The number of rotatable bonds is 6. The number of benzene rings is 1. The summed E-state index contributed by atoms with van der Waals surface area (Å²) in [7, 11) is 0. The monoisotopic (exact) mass is 350 g/mol. The molecular weight excluding hydrogens is 327 g/mol. The summed E-state index contributed by atoms with van der Waals surface area (Å²) in [6.45, 7) is 4.25. The summed E-state index contributed by atoms with van der Waals surface area (Å²) in [5.41, 5.74) is 0.428. The maximum Gasteiger partial charge on any atom is 0.238 e. The van der Waals surface area contributed by atoms with Crippen LogP contribution < -0.4 is 10.6 Å². The van der Waals surface area contributed by atoms with Gasteiger partial charge in [-0.1, -0.05) is 6.07 Å². The molecule has 2 rings (SSSR count). The van der Waals surface area contributed by atoms with Crippen molar-refractivity contribution in [3.05, 3.63) is 30.1 Å². The van der Waals surface area contributed by atoms with Gasteiger partial charge in [0.15, 0.2) is 0 Å². The molecule has 25 heavy (non-hydrogen) atoms. The summed E-state index contributed by atoms with van der Waals surface area (Å²) in [6, 6.07) is 5.75. The van der Waals surface area contributed by atoms with Crippen molar-refractivity contribution in [2.45, 2.75) is 13.3 Å². The molecule has 136 valence electrons. The summed E-state index contributed by atoms with van der Waals surface area (Å²) in [4.78, 5) is 38.5. The number of amides is 3. The third kappa shape index (κ3) is 6.50. The number of carbonyl (C=O) groups excluding carboxylic acids is 3. The Morgan fingerprint density at radius 3 is 2.52 bits per heavy atom. The van der Waals surface area contributed by atoms with Gasteiger partial charge >= 0.3 is 0 Å². The van der Waals surface area contributed by atoms with Gasteiger partial charge in [0.1, 0.15) is 5.82 Å². The first-order valence-corrected chi connectivity index (χ1v) is 8.24. The normalized spacial score (nSPS) is 14.9. The van der Waals surface area contributed by atoms with Crippen LogP contribution in [0.3, 0.4) is 0 Å². The van der Waals surface area contributed by atoms with Gasteiger partial charge in [-0.15, -0.1) is 0 Å². The van der Waals surface area contributed by atoms with Crippen molar-refractivity contribution < 1.29 is 18.8 Å². The van der Waals surface area contributed by atoms with Crippen molar-refractivity contribution in [2.24, 2.45) is 0 Å². The lowest BCUT2D eigenvalue weighted by atomic mass is 10.2.